The Bertz CT molecular complexity index is 1100. The maximum absolute atomic E-state index is 13.0. The molecule has 9 heteroatoms. The van der Waals surface area contributed by atoms with Gasteiger partial charge in [-0.15, -0.1) is 0 Å². The van der Waals surface area contributed by atoms with Crippen molar-refractivity contribution in [1.82, 2.24) is 4.31 Å². The van der Waals surface area contributed by atoms with Crippen molar-refractivity contribution in [3.63, 3.8) is 0 Å². The van der Waals surface area contributed by atoms with Crippen molar-refractivity contribution in [3.8, 4) is 0 Å². The molecule has 0 radical (unpaired) electrons. The number of ether oxygens (including phenoxy) is 1. The minimum atomic E-state index is -3.73. The Labute approximate surface area is 181 Å². The van der Waals surface area contributed by atoms with Crippen LogP contribution in [0, 0.1) is 0 Å². The number of esters is 1. The van der Waals surface area contributed by atoms with E-state index in [0.717, 1.165) is 0 Å². The van der Waals surface area contributed by atoms with E-state index in [-0.39, 0.29) is 22.0 Å². The summed E-state index contributed by atoms with van der Waals surface area (Å²) in [7, 11) is -3.73. The second-order valence-electron chi connectivity index (χ2n) is 7.14. The van der Waals surface area contributed by atoms with Gasteiger partial charge in [-0.2, -0.15) is 4.31 Å². The van der Waals surface area contributed by atoms with Gasteiger partial charge in [0, 0.05) is 19.5 Å². The van der Waals surface area contributed by atoms with E-state index in [1.54, 1.807) is 38.1 Å². The fourth-order valence-corrected chi connectivity index (χ4v) is 5.04. The molecule has 160 valence electrons. The molecule has 0 spiro atoms. The highest BCUT2D eigenvalue weighted by Gasteiger charge is 2.42. The molecule has 3 rings (SSSR count). The smallest absolute Gasteiger partial charge is 0.339 e. The number of hydrogen-bond donors (Lipinski definition) is 1. The Balaban J connectivity index is 1.90. The standard InChI is InChI=1S/C21H23ClN2O5S/c1-4-24(5-2)30(27,28)15-10-11-17(22)18(12-15)23-20(26)21(3)13-14-8-6-7-9-16(14)19(25)29-21/h6-12H,4-5,13H2,1-3H3,(H,23,26). The second-order valence-corrected chi connectivity index (χ2v) is 9.48. The molecule has 0 aromatic heterocycles. The topological polar surface area (TPSA) is 92.8 Å². The quantitative estimate of drug-likeness (QED) is 0.680. The summed E-state index contributed by atoms with van der Waals surface area (Å²) in [6.45, 7) is 5.64. The largest absolute Gasteiger partial charge is 0.445 e. The zero-order valence-corrected chi connectivity index (χ0v) is 18.5. The Morgan fingerprint density at radius 1 is 1.20 bits per heavy atom. The van der Waals surface area contributed by atoms with Gasteiger partial charge in [-0.25, -0.2) is 13.2 Å². The van der Waals surface area contributed by atoms with Crippen LogP contribution in [0.4, 0.5) is 5.69 Å². The number of benzene rings is 2. The lowest BCUT2D eigenvalue weighted by molar-refractivity contribution is -0.134. The third-order valence-electron chi connectivity index (χ3n) is 5.09. The molecule has 7 nitrogen and oxygen atoms in total. The van der Waals surface area contributed by atoms with Gasteiger partial charge in [-0.1, -0.05) is 43.6 Å². The summed E-state index contributed by atoms with van der Waals surface area (Å²) >= 11 is 6.20. The lowest BCUT2D eigenvalue weighted by Gasteiger charge is -2.33. The van der Waals surface area contributed by atoms with Crippen molar-refractivity contribution < 1.29 is 22.7 Å². The highest BCUT2D eigenvalue weighted by atomic mass is 35.5. The number of cyclic esters (lactones) is 1. The molecule has 1 aliphatic rings. The predicted octanol–water partition coefficient (Wildman–Crippen LogP) is 3.48. The number of sulfonamides is 1. The molecule has 1 aliphatic heterocycles. The minimum Gasteiger partial charge on any atom is -0.445 e. The van der Waals surface area contributed by atoms with Crippen LogP contribution in [-0.4, -0.2) is 43.3 Å². The second kappa shape index (κ2) is 8.37. The molecule has 30 heavy (non-hydrogen) atoms. The van der Waals surface area contributed by atoms with Crippen molar-refractivity contribution >= 4 is 39.2 Å². The lowest BCUT2D eigenvalue weighted by Crippen LogP contribution is -2.49. The first kappa shape index (κ1) is 22.3. The van der Waals surface area contributed by atoms with Gasteiger partial charge in [0.2, 0.25) is 10.0 Å². The average molecular weight is 451 g/mol. The predicted molar refractivity (Wildman–Crippen MR) is 114 cm³/mol. The fourth-order valence-electron chi connectivity index (χ4n) is 3.39. The normalized spacial score (nSPS) is 18.6. The van der Waals surface area contributed by atoms with Crippen LogP contribution in [0.1, 0.15) is 36.7 Å². The third-order valence-corrected chi connectivity index (χ3v) is 7.47. The number of fused-ring (bicyclic) bond motifs is 1. The van der Waals surface area contributed by atoms with Crippen LogP contribution in [0.15, 0.2) is 47.4 Å². The van der Waals surface area contributed by atoms with Crippen LogP contribution >= 0.6 is 11.6 Å². The summed E-state index contributed by atoms with van der Waals surface area (Å²) in [6, 6.07) is 11.1. The molecule has 2 aromatic carbocycles. The van der Waals surface area contributed by atoms with Crippen LogP contribution in [0.5, 0.6) is 0 Å². The molecular formula is C21H23ClN2O5S. The molecular weight excluding hydrogens is 428 g/mol. The summed E-state index contributed by atoms with van der Waals surface area (Å²) in [4.78, 5) is 25.4. The van der Waals surface area contributed by atoms with E-state index in [2.05, 4.69) is 5.32 Å². The number of nitrogens with zero attached hydrogens (tertiary/aromatic N) is 1. The van der Waals surface area contributed by atoms with Crippen molar-refractivity contribution in [3.05, 3.63) is 58.6 Å². The number of anilines is 1. The van der Waals surface area contributed by atoms with Crippen molar-refractivity contribution in [2.45, 2.75) is 37.7 Å². The SMILES string of the molecule is CCN(CC)S(=O)(=O)c1ccc(Cl)c(NC(=O)C2(C)Cc3ccccc3C(=O)O2)c1. The highest BCUT2D eigenvalue weighted by molar-refractivity contribution is 7.89. The zero-order chi connectivity index (χ0) is 22.1. The van der Waals surface area contributed by atoms with Gasteiger partial charge in [0.1, 0.15) is 0 Å². The Morgan fingerprint density at radius 2 is 1.87 bits per heavy atom. The zero-order valence-electron chi connectivity index (χ0n) is 16.9. The number of carbonyl (C=O) groups excluding carboxylic acids is 2. The van der Waals surface area contributed by atoms with Gasteiger partial charge >= 0.3 is 5.97 Å². The molecule has 0 saturated carbocycles. The number of hydrogen-bond acceptors (Lipinski definition) is 5. The first-order valence-corrected chi connectivity index (χ1v) is 11.4. The van der Waals surface area contributed by atoms with Crippen LogP contribution in [0.2, 0.25) is 5.02 Å². The van der Waals surface area contributed by atoms with E-state index in [9.17, 15) is 18.0 Å². The Kier molecular flexibility index (Phi) is 6.21. The van der Waals surface area contributed by atoms with Crippen molar-refractivity contribution in [2.24, 2.45) is 0 Å². The molecule has 1 N–H and O–H groups in total. The monoisotopic (exact) mass is 450 g/mol. The molecule has 0 aliphatic carbocycles. The molecule has 1 heterocycles. The maximum Gasteiger partial charge on any atom is 0.339 e. The van der Waals surface area contributed by atoms with E-state index < -0.39 is 27.5 Å². The lowest BCUT2D eigenvalue weighted by atomic mass is 9.89. The minimum absolute atomic E-state index is 0.0158. The summed E-state index contributed by atoms with van der Waals surface area (Å²) in [5.41, 5.74) is -0.197. The molecule has 0 saturated heterocycles. The number of carbonyl (C=O) groups is 2. The summed E-state index contributed by atoms with van der Waals surface area (Å²) in [5.74, 6) is -1.18. The van der Waals surface area contributed by atoms with Crippen molar-refractivity contribution in [1.29, 1.82) is 0 Å². The number of nitrogens with one attached hydrogen (secondary N) is 1. The van der Waals surface area contributed by atoms with E-state index >= 15 is 0 Å². The van der Waals surface area contributed by atoms with Crippen LogP contribution in [0.25, 0.3) is 0 Å². The van der Waals surface area contributed by atoms with Crippen LogP contribution in [-0.2, 0) is 26.0 Å². The number of rotatable bonds is 6. The maximum atomic E-state index is 13.0. The third kappa shape index (κ3) is 4.08. The van der Waals surface area contributed by atoms with Crippen LogP contribution < -0.4 is 5.32 Å². The van der Waals surface area contributed by atoms with Crippen molar-refractivity contribution in [2.75, 3.05) is 18.4 Å². The molecule has 2 aromatic rings. The molecule has 1 unspecified atom stereocenters. The van der Waals surface area contributed by atoms with E-state index in [4.69, 9.17) is 16.3 Å². The van der Waals surface area contributed by atoms with E-state index in [0.29, 0.717) is 24.2 Å². The van der Waals surface area contributed by atoms with Gasteiger partial charge in [0.05, 0.1) is 21.2 Å². The van der Waals surface area contributed by atoms with Gasteiger partial charge in [-0.3, -0.25) is 4.79 Å². The summed E-state index contributed by atoms with van der Waals surface area (Å²) in [5, 5.41) is 2.80. The Hall–Kier alpha value is -2.42. The molecule has 1 amide bonds. The van der Waals surface area contributed by atoms with Gasteiger partial charge in [0.25, 0.3) is 5.91 Å². The highest BCUT2D eigenvalue weighted by Crippen LogP contribution is 2.32. The molecule has 1 atom stereocenters. The van der Waals surface area contributed by atoms with E-state index in [1.807, 2.05) is 0 Å². The van der Waals surface area contributed by atoms with E-state index in [1.165, 1.54) is 29.4 Å². The summed E-state index contributed by atoms with van der Waals surface area (Å²) < 4.78 is 32.3. The summed E-state index contributed by atoms with van der Waals surface area (Å²) in [6.07, 6.45) is 0.190. The first-order chi connectivity index (χ1) is 14.1. The number of halogens is 1. The van der Waals surface area contributed by atoms with Gasteiger partial charge < -0.3 is 10.1 Å². The molecule has 0 fully saturated rings. The Morgan fingerprint density at radius 3 is 2.53 bits per heavy atom. The van der Waals surface area contributed by atoms with Gasteiger partial charge in [0.15, 0.2) is 5.60 Å². The molecule has 0 bridgehead atoms. The number of amides is 1. The van der Waals surface area contributed by atoms with Gasteiger partial charge in [-0.05, 0) is 36.8 Å². The average Bonchev–Trinajstić information content (AvgIpc) is 2.70. The van der Waals surface area contributed by atoms with Crippen LogP contribution in [0.3, 0.4) is 0 Å². The first-order valence-electron chi connectivity index (χ1n) is 9.54. The fraction of sp³-hybridized carbons (Fsp3) is 0.333.